The van der Waals surface area contributed by atoms with Crippen LogP contribution in [0.1, 0.15) is 58.8 Å². The van der Waals surface area contributed by atoms with Gasteiger partial charge in [-0.3, -0.25) is 4.79 Å². The molecule has 19 heavy (non-hydrogen) atoms. The Morgan fingerprint density at radius 2 is 1.74 bits per heavy atom. The van der Waals surface area contributed by atoms with Crippen molar-refractivity contribution in [3.05, 3.63) is 0 Å². The highest BCUT2D eigenvalue weighted by atomic mass is 16.5. The number of hydrogen-bond acceptors (Lipinski definition) is 4. The van der Waals surface area contributed by atoms with E-state index < -0.39 is 5.54 Å². The monoisotopic (exact) mass is 273 g/mol. The summed E-state index contributed by atoms with van der Waals surface area (Å²) in [4.78, 5) is 11.6. The Morgan fingerprint density at radius 1 is 1.11 bits per heavy atom. The van der Waals surface area contributed by atoms with Crippen molar-refractivity contribution >= 4 is 5.97 Å². The van der Waals surface area contributed by atoms with Crippen LogP contribution in [-0.4, -0.2) is 38.9 Å². The third-order valence-corrected chi connectivity index (χ3v) is 3.58. The number of carbonyl (C=O) groups excluding carboxylic acids is 1. The number of hydrogen-bond donors (Lipinski definition) is 1. The first-order valence-electron chi connectivity index (χ1n) is 7.45. The molecular weight excluding hydrogens is 242 g/mol. The van der Waals surface area contributed by atoms with Gasteiger partial charge in [0.05, 0.1) is 7.11 Å². The van der Waals surface area contributed by atoms with Crippen molar-refractivity contribution in [2.24, 2.45) is 0 Å². The predicted molar refractivity (Wildman–Crippen MR) is 78.3 cm³/mol. The van der Waals surface area contributed by atoms with Crippen LogP contribution in [0.4, 0.5) is 0 Å². The minimum atomic E-state index is -0.643. The number of rotatable bonds is 12. The molecule has 0 aromatic carbocycles. The molecule has 4 nitrogen and oxygen atoms in total. The van der Waals surface area contributed by atoms with Crippen LogP contribution in [0, 0.1) is 0 Å². The maximum Gasteiger partial charge on any atom is 0.325 e. The molecule has 0 saturated carbocycles. The van der Waals surface area contributed by atoms with Gasteiger partial charge in [-0.25, -0.2) is 0 Å². The van der Waals surface area contributed by atoms with Crippen LogP contribution in [0.5, 0.6) is 0 Å². The Bertz CT molecular complexity index is 233. The van der Waals surface area contributed by atoms with Crippen LogP contribution in [0.15, 0.2) is 0 Å². The zero-order valence-electron chi connectivity index (χ0n) is 13.1. The van der Waals surface area contributed by atoms with Crippen LogP contribution in [0.3, 0.4) is 0 Å². The van der Waals surface area contributed by atoms with Crippen LogP contribution in [-0.2, 0) is 14.3 Å². The molecule has 0 amide bonds. The molecular formula is C15H31NO3. The molecule has 0 fully saturated rings. The number of methoxy groups -OCH3 is 1. The minimum absolute atomic E-state index is 0.238. The molecule has 0 bridgehead atoms. The second-order valence-corrected chi connectivity index (χ2v) is 5.20. The van der Waals surface area contributed by atoms with Gasteiger partial charge in [0.1, 0.15) is 5.54 Å². The molecule has 0 saturated heterocycles. The van der Waals surface area contributed by atoms with E-state index in [-0.39, 0.29) is 5.97 Å². The average molecular weight is 273 g/mol. The third-order valence-electron chi connectivity index (χ3n) is 3.58. The molecule has 0 rings (SSSR count). The minimum Gasteiger partial charge on any atom is -0.468 e. The van der Waals surface area contributed by atoms with Gasteiger partial charge >= 0.3 is 5.97 Å². The molecule has 1 N–H and O–H groups in total. The van der Waals surface area contributed by atoms with Crippen molar-refractivity contribution in [2.75, 3.05) is 27.4 Å². The van der Waals surface area contributed by atoms with Gasteiger partial charge in [0.25, 0.3) is 0 Å². The van der Waals surface area contributed by atoms with Crippen LogP contribution in [0.2, 0.25) is 0 Å². The van der Waals surface area contributed by atoms with Gasteiger partial charge < -0.3 is 14.8 Å². The Morgan fingerprint density at radius 3 is 2.32 bits per heavy atom. The SMILES string of the molecule is CCCCCCCCOCCC(C)(NC)C(=O)OC. The van der Waals surface area contributed by atoms with E-state index in [1.807, 2.05) is 6.92 Å². The summed E-state index contributed by atoms with van der Waals surface area (Å²) in [7, 11) is 3.18. The molecule has 0 aliphatic rings. The van der Waals surface area contributed by atoms with E-state index in [0.717, 1.165) is 13.0 Å². The maximum atomic E-state index is 11.6. The number of esters is 1. The number of likely N-dealkylation sites (N-methyl/N-ethyl adjacent to an activating group) is 1. The highest BCUT2D eigenvalue weighted by Gasteiger charge is 2.31. The van der Waals surface area contributed by atoms with Gasteiger partial charge in [0.2, 0.25) is 0 Å². The summed E-state index contributed by atoms with van der Waals surface area (Å²) in [6.07, 6.45) is 8.22. The van der Waals surface area contributed by atoms with Crippen molar-refractivity contribution in [3.63, 3.8) is 0 Å². The molecule has 0 radical (unpaired) electrons. The fourth-order valence-corrected chi connectivity index (χ4v) is 1.92. The molecule has 0 spiro atoms. The lowest BCUT2D eigenvalue weighted by molar-refractivity contribution is -0.148. The van der Waals surface area contributed by atoms with E-state index in [0.29, 0.717) is 13.0 Å². The lowest BCUT2D eigenvalue weighted by Gasteiger charge is -2.25. The Balaban J connectivity index is 3.54. The van der Waals surface area contributed by atoms with Gasteiger partial charge in [-0.05, 0) is 26.8 Å². The molecule has 0 aromatic heterocycles. The van der Waals surface area contributed by atoms with Crippen molar-refractivity contribution in [2.45, 2.75) is 64.3 Å². The first-order chi connectivity index (χ1) is 9.10. The average Bonchev–Trinajstić information content (AvgIpc) is 2.44. The number of ether oxygens (including phenoxy) is 2. The largest absolute Gasteiger partial charge is 0.468 e. The van der Waals surface area contributed by atoms with Crippen molar-refractivity contribution < 1.29 is 14.3 Å². The van der Waals surface area contributed by atoms with E-state index in [1.165, 1.54) is 39.2 Å². The van der Waals surface area contributed by atoms with Gasteiger partial charge in [0, 0.05) is 13.2 Å². The highest BCUT2D eigenvalue weighted by molar-refractivity contribution is 5.80. The standard InChI is InChI=1S/C15H31NO3/c1-5-6-7-8-9-10-12-19-13-11-15(2,16-3)14(17)18-4/h16H,5-13H2,1-4H3. The maximum absolute atomic E-state index is 11.6. The van der Waals surface area contributed by atoms with Gasteiger partial charge in [-0.15, -0.1) is 0 Å². The van der Waals surface area contributed by atoms with Gasteiger partial charge in [0.15, 0.2) is 0 Å². The van der Waals surface area contributed by atoms with E-state index in [1.54, 1.807) is 7.05 Å². The summed E-state index contributed by atoms with van der Waals surface area (Å²) >= 11 is 0. The summed E-state index contributed by atoms with van der Waals surface area (Å²) in [5, 5.41) is 3.00. The normalized spacial score (nSPS) is 14.1. The summed E-state index contributed by atoms with van der Waals surface area (Å²) < 4.78 is 10.4. The molecule has 0 heterocycles. The van der Waals surface area contributed by atoms with Crippen LogP contribution >= 0.6 is 0 Å². The van der Waals surface area contributed by atoms with Crippen LogP contribution in [0.25, 0.3) is 0 Å². The fourth-order valence-electron chi connectivity index (χ4n) is 1.92. The van der Waals surface area contributed by atoms with E-state index >= 15 is 0 Å². The van der Waals surface area contributed by atoms with Crippen LogP contribution < -0.4 is 5.32 Å². The molecule has 0 aliphatic heterocycles. The molecule has 114 valence electrons. The Labute approximate surface area is 118 Å². The van der Waals surface area contributed by atoms with Crippen molar-refractivity contribution in [3.8, 4) is 0 Å². The first kappa shape index (κ1) is 18.4. The quantitative estimate of drug-likeness (QED) is 0.439. The number of carbonyl (C=O) groups is 1. The fraction of sp³-hybridized carbons (Fsp3) is 0.933. The molecule has 0 aliphatic carbocycles. The Hall–Kier alpha value is -0.610. The molecule has 4 heteroatoms. The number of nitrogens with one attached hydrogen (secondary N) is 1. The number of unbranched alkanes of at least 4 members (excludes halogenated alkanes) is 5. The highest BCUT2D eigenvalue weighted by Crippen LogP contribution is 2.11. The lowest BCUT2D eigenvalue weighted by atomic mass is 9.99. The lowest BCUT2D eigenvalue weighted by Crippen LogP contribution is -2.49. The summed E-state index contributed by atoms with van der Waals surface area (Å²) in [6.45, 7) is 5.44. The summed E-state index contributed by atoms with van der Waals surface area (Å²) in [5.41, 5.74) is -0.643. The zero-order valence-corrected chi connectivity index (χ0v) is 13.1. The molecule has 0 aromatic rings. The first-order valence-corrected chi connectivity index (χ1v) is 7.45. The molecule has 1 unspecified atom stereocenters. The second-order valence-electron chi connectivity index (χ2n) is 5.20. The zero-order chi connectivity index (χ0) is 14.6. The third kappa shape index (κ3) is 8.22. The predicted octanol–water partition coefficient (Wildman–Crippen LogP) is 2.90. The van der Waals surface area contributed by atoms with Gasteiger partial charge in [-0.2, -0.15) is 0 Å². The second kappa shape index (κ2) is 11.2. The van der Waals surface area contributed by atoms with E-state index in [2.05, 4.69) is 12.2 Å². The smallest absolute Gasteiger partial charge is 0.325 e. The van der Waals surface area contributed by atoms with Gasteiger partial charge in [-0.1, -0.05) is 39.0 Å². The van der Waals surface area contributed by atoms with E-state index in [4.69, 9.17) is 9.47 Å². The molecule has 1 atom stereocenters. The summed E-state index contributed by atoms with van der Waals surface area (Å²) in [6, 6.07) is 0. The van der Waals surface area contributed by atoms with Crippen molar-refractivity contribution in [1.82, 2.24) is 5.32 Å². The van der Waals surface area contributed by atoms with Crippen molar-refractivity contribution in [1.29, 1.82) is 0 Å². The topological polar surface area (TPSA) is 47.6 Å². The summed E-state index contributed by atoms with van der Waals surface area (Å²) in [5.74, 6) is -0.238. The Kier molecular flexibility index (Phi) is 10.9. The van der Waals surface area contributed by atoms with E-state index in [9.17, 15) is 4.79 Å².